The third-order valence-corrected chi connectivity index (χ3v) is 4.75. The minimum atomic E-state index is -0.250. The summed E-state index contributed by atoms with van der Waals surface area (Å²) < 4.78 is 14.0. The number of aliphatic imine (C=N–C) groups is 1. The van der Waals surface area contributed by atoms with Crippen molar-refractivity contribution in [3.8, 4) is 0 Å². The fourth-order valence-corrected chi connectivity index (χ4v) is 3.20. The van der Waals surface area contributed by atoms with E-state index in [2.05, 4.69) is 20.6 Å². The van der Waals surface area contributed by atoms with Crippen molar-refractivity contribution >= 4 is 53.1 Å². The van der Waals surface area contributed by atoms with Gasteiger partial charge in [-0.25, -0.2) is 9.37 Å². The minimum Gasteiger partial charge on any atom is -0.356 e. The van der Waals surface area contributed by atoms with Crippen LogP contribution in [0.3, 0.4) is 0 Å². The molecule has 1 aliphatic carbocycles. The van der Waals surface area contributed by atoms with Crippen molar-refractivity contribution in [3.63, 3.8) is 0 Å². The maximum atomic E-state index is 14.0. The van der Waals surface area contributed by atoms with Gasteiger partial charge in [0, 0.05) is 42.3 Å². The number of halogens is 4. The summed E-state index contributed by atoms with van der Waals surface area (Å²) in [6, 6.07) is 8.66. The van der Waals surface area contributed by atoms with E-state index >= 15 is 0 Å². The third kappa shape index (κ3) is 5.44. The normalized spacial score (nSPS) is 18.8. The molecule has 3 rings (SSSR count). The molecular weight excluding hydrogens is 489 g/mol. The van der Waals surface area contributed by atoms with Crippen LogP contribution in [0.5, 0.6) is 0 Å². The molecule has 0 radical (unpaired) electrons. The SMILES string of the molecule is CN=C(NCCc1ccc(Cl)nc1)NC1CC1c1c(F)cccc1Cl.I. The highest BCUT2D eigenvalue weighted by molar-refractivity contribution is 14.0. The Morgan fingerprint density at radius 1 is 1.31 bits per heavy atom. The molecule has 0 aliphatic heterocycles. The van der Waals surface area contributed by atoms with Gasteiger partial charge < -0.3 is 10.6 Å². The number of guanidine groups is 1. The molecule has 4 nitrogen and oxygen atoms in total. The van der Waals surface area contributed by atoms with E-state index in [1.54, 1.807) is 31.4 Å². The molecule has 0 saturated heterocycles. The van der Waals surface area contributed by atoms with Crippen LogP contribution < -0.4 is 10.6 Å². The van der Waals surface area contributed by atoms with Gasteiger partial charge in [0.2, 0.25) is 0 Å². The van der Waals surface area contributed by atoms with Gasteiger partial charge >= 0.3 is 0 Å². The Labute approximate surface area is 179 Å². The number of pyridine rings is 1. The molecule has 26 heavy (non-hydrogen) atoms. The highest BCUT2D eigenvalue weighted by Crippen LogP contribution is 2.44. The summed E-state index contributed by atoms with van der Waals surface area (Å²) in [5.74, 6) is 0.523. The van der Waals surface area contributed by atoms with Crippen LogP contribution >= 0.6 is 47.2 Å². The Morgan fingerprint density at radius 2 is 2.12 bits per heavy atom. The third-order valence-electron chi connectivity index (χ3n) is 4.20. The lowest BCUT2D eigenvalue weighted by Crippen LogP contribution is -2.40. The molecule has 0 bridgehead atoms. The van der Waals surface area contributed by atoms with Gasteiger partial charge in [-0.05, 0) is 36.6 Å². The van der Waals surface area contributed by atoms with E-state index < -0.39 is 0 Å². The molecule has 8 heteroatoms. The summed E-state index contributed by atoms with van der Waals surface area (Å²) in [5.41, 5.74) is 1.68. The van der Waals surface area contributed by atoms with Crippen LogP contribution in [-0.2, 0) is 6.42 Å². The zero-order valence-electron chi connectivity index (χ0n) is 14.2. The summed E-state index contributed by atoms with van der Waals surface area (Å²) in [4.78, 5) is 8.28. The lowest BCUT2D eigenvalue weighted by Gasteiger charge is -2.12. The first kappa shape index (κ1) is 21.2. The molecule has 1 heterocycles. The predicted molar refractivity (Wildman–Crippen MR) is 115 cm³/mol. The van der Waals surface area contributed by atoms with Crippen molar-refractivity contribution in [3.05, 3.63) is 63.6 Å². The molecule has 140 valence electrons. The molecule has 0 amide bonds. The van der Waals surface area contributed by atoms with Gasteiger partial charge in [-0.2, -0.15) is 0 Å². The Hall–Kier alpha value is -1.12. The first-order chi connectivity index (χ1) is 12.1. The second-order valence-electron chi connectivity index (χ2n) is 5.97. The average Bonchev–Trinajstić information content (AvgIpc) is 3.34. The summed E-state index contributed by atoms with van der Waals surface area (Å²) >= 11 is 11.9. The molecule has 1 aromatic heterocycles. The second kappa shape index (κ2) is 9.71. The fourth-order valence-electron chi connectivity index (χ4n) is 2.79. The van der Waals surface area contributed by atoms with Gasteiger partial charge in [-0.3, -0.25) is 4.99 Å². The Kier molecular flexibility index (Phi) is 7.91. The van der Waals surface area contributed by atoms with Crippen molar-refractivity contribution in [1.29, 1.82) is 0 Å². The number of hydrogen-bond acceptors (Lipinski definition) is 2. The first-order valence-corrected chi connectivity index (χ1v) is 8.85. The highest BCUT2D eigenvalue weighted by Gasteiger charge is 2.41. The van der Waals surface area contributed by atoms with Crippen molar-refractivity contribution in [2.24, 2.45) is 4.99 Å². The second-order valence-corrected chi connectivity index (χ2v) is 6.76. The summed E-state index contributed by atoms with van der Waals surface area (Å²) in [7, 11) is 1.71. The van der Waals surface area contributed by atoms with Crippen LogP contribution in [0, 0.1) is 5.82 Å². The van der Waals surface area contributed by atoms with Gasteiger partial charge in [-0.15, -0.1) is 24.0 Å². The number of nitrogens with one attached hydrogen (secondary N) is 2. The van der Waals surface area contributed by atoms with Gasteiger partial charge in [0.15, 0.2) is 5.96 Å². The lowest BCUT2D eigenvalue weighted by atomic mass is 10.1. The van der Waals surface area contributed by atoms with Crippen LogP contribution in [0.2, 0.25) is 10.2 Å². The summed E-state index contributed by atoms with van der Waals surface area (Å²) in [5, 5.41) is 7.54. The smallest absolute Gasteiger partial charge is 0.191 e. The number of hydrogen-bond donors (Lipinski definition) is 2. The zero-order chi connectivity index (χ0) is 17.8. The fraction of sp³-hybridized carbons (Fsp3) is 0.333. The Bertz CT molecular complexity index is 750. The van der Waals surface area contributed by atoms with Crippen molar-refractivity contribution < 1.29 is 4.39 Å². The number of nitrogens with zero attached hydrogens (tertiary/aromatic N) is 2. The van der Waals surface area contributed by atoms with Crippen LogP contribution in [0.25, 0.3) is 0 Å². The standard InChI is InChI=1S/C18H19Cl2FN4.HI/c1-22-18(23-8-7-11-5-6-16(20)24-10-11)25-15-9-12(15)17-13(19)3-2-4-14(17)21;/h2-6,10,12,15H,7-9H2,1H3,(H2,22,23,25);1H. The molecule has 1 aliphatic rings. The molecule has 2 N–H and O–H groups in total. The largest absolute Gasteiger partial charge is 0.356 e. The number of rotatable bonds is 5. The molecule has 2 unspecified atom stereocenters. The molecule has 2 atom stereocenters. The van der Waals surface area contributed by atoms with E-state index in [1.165, 1.54) is 6.07 Å². The van der Waals surface area contributed by atoms with Crippen molar-refractivity contribution in [2.45, 2.75) is 24.8 Å². The van der Waals surface area contributed by atoms with Gasteiger partial charge in [-0.1, -0.05) is 35.3 Å². The molecule has 1 fully saturated rings. The molecular formula is C18H20Cl2FIN4. The Balaban J connectivity index is 0.00000243. The number of aromatic nitrogens is 1. The molecule has 1 saturated carbocycles. The monoisotopic (exact) mass is 508 g/mol. The molecule has 2 aromatic rings. The minimum absolute atomic E-state index is 0. The quantitative estimate of drug-likeness (QED) is 0.272. The molecule has 1 aromatic carbocycles. The van der Waals surface area contributed by atoms with Gasteiger partial charge in [0.05, 0.1) is 0 Å². The van der Waals surface area contributed by atoms with Crippen LogP contribution in [-0.4, -0.2) is 30.6 Å². The summed E-state index contributed by atoms with van der Waals surface area (Å²) in [6.07, 6.45) is 3.40. The van der Waals surface area contributed by atoms with Crippen molar-refractivity contribution in [2.75, 3.05) is 13.6 Å². The van der Waals surface area contributed by atoms with Crippen LogP contribution in [0.4, 0.5) is 4.39 Å². The van der Waals surface area contributed by atoms with E-state index in [0.29, 0.717) is 28.2 Å². The van der Waals surface area contributed by atoms with E-state index in [0.717, 1.165) is 18.4 Å². The lowest BCUT2D eigenvalue weighted by molar-refractivity contribution is 0.608. The first-order valence-electron chi connectivity index (χ1n) is 8.10. The zero-order valence-corrected chi connectivity index (χ0v) is 18.0. The van der Waals surface area contributed by atoms with E-state index in [1.807, 2.05) is 6.07 Å². The van der Waals surface area contributed by atoms with Crippen LogP contribution in [0.15, 0.2) is 41.5 Å². The van der Waals surface area contributed by atoms with Crippen LogP contribution in [0.1, 0.15) is 23.5 Å². The van der Waals surface area contributed by atoms with E-state index in [9.17, 15) is 4.39 Å². The van der Waals surface area contributed by atoms with Gasteiger partial charge in [0.1, 0.15) is 11.0 Å². The van der Waals surface area contributed by atoms with Gasteiger partial charge in [0.25, 0.3) is 0 Å². The predicted octanol–water partition coefficient (Wildman–Crippen LogP) is 4.41. The number of benzene rings is 1. The Morgan fingerprint density at radius 3 is 2.77 bits per heavy atom. The highest BCUT2D eigenvalue weighted by atomic mass is 127. The summed E-state index contributed by atoms with van der Waals surface area (Å²) in [6.45, 7) is 0.709. The van der Waals surface area contributed by atoms with Crippen molar-refractivity contribution in [1.82, 2.24) is 15.6 Å². The average molecular weight is 509 g/mol. The topological polar surface area (TPSA) is 49.3 Å². The van der Waals surface area contributed by atoms with E-state index in [4.69, 9.17) is 23.2 Å². The molecule has 0 spiro atoms. The maximum Gasteiger partial charge on any atom is 0.191 e. The maximum absolute atomic E-state index is 14.0. The van der Waals surface area contributed by atoms with E-state index in [-0.39, 0.29) is 41.8 Å².